The van der Waals surface area contributed by atoms with Crippen LogP contribution in [0.25, 0.3) is 0 Å². The number of fused-ring (bicyclic) bond motifs is 2. The van der Waals surface area contributed by atoms with Gasteiger partial charge in [0.1, 0.15) is 23.5 Å². The minimum Gasteiger partial charge on any atom is -0.373 e. The molecule has 27 heavy (non-hydrogen) atoms. The molecule has 1 aromatic heterocycles. The van der Waals surface area contributed by atoms with Gasteiger partial charge < -0.3 is 25.4 Å². The standard InChI is InChI=1S/C19H23N5O3/c25-17-16-12(14-5-9-27-14)10-13(22-15-4-8-20-11-21-15)18(26)24(16)19(23-17)6-2-1-3-7-19/h4,8,10-11,14,18,26H,1-3,5-7,9H2,(H,23,25)(H,20,21,22). The molecule has 1 saturated carbocycles. The summed E-state index contributed by atoms with van der Waals surface area (Å²) >= 11 is 0. The van der Waals surface area contributed by atoms with Crippen LogP contribution in [0.1, 0.15) is 38.5 Å². The first-order valence-corrected chi connectivity index (χ1v) is 9.58. The Hall–Kier alpha value is -2.45. The summed E-state index contributed by atoms with van der Waals surface area (Å²) in [5.41, 5.74) is 1.47. The van der Waals surface area contributed by atoms with Crippen LogP contribution in [-0.4, -0.2) is 50.5 Å². The van der Waals surface area contributed by atoms with Crippen molar-refractivity contribution in [1.82, 2.24) is 20.2 Å². The van der Waals surface area contributed by atoms with Gasteiger partial charge in [-0.25, -0.2) is 9.97 Å². The molecule has 0 bridgehead atoms. The van der Waals surface area contributed by atoms with Crippen molar-refractivity contribution in [2.24, 2.45) is 0 Å². The normalized spacial score (nSPS) is 29.1. The summed E-state index contributed by atoms with van der Waals surface area (Å²) in [6, 6.07) is 1.75. The van der Waals surface area contributed by atoms with Crippen molar-refractivity contribution in [3.63, 3.8) is 0 Å². The largest absolute Gasteiger partial charge is 0.373 e. The molecule has 3 N–H and O–H groups in total. The first-order chi connectivity index (χ1) is 13.2. The average molecular weight is 369 g/mol. The lowest BCUT2D eigenvalue weighted by Gasteiger charge is -2.47. The Morgan fingerprint density at radius 2 is 2.15 bits per heavy atom. The molecule has 3 fully saturated rings. The summed E-state index contributed by atoms with van der Waals surface area (Å²) in [4.78, 5) is 22.9. The van der Waals surface area contributed by atoms with Crippen molar-refractivity contribution in [2.75, 3.05) is 11.9 Å². The molecule has 4 aliphatic rings. The Balaban J connectivity index is 1.57. The zero-order valence-corrected chi connectivity index (χ0v) is 15.0. The molecule has 2 unspecified atom stereocenters. The minimum absolute atomic E-state index is 0.110. The van der Waals surface area contributed by atoms with Crippen LogP contribution in [0.3, 0.4) is 0 Å². The number of aliphatic hydroxyl groups excluding tert-OH is 1. The first kappa shape index (κ1) is 16.7. The lowest BCUT2D eigenvalue weighted by molar-refractivity contribution is -0.117. The maximum Gasteiger partial charge on any atom is 0.269 e. The van der Waals surface area contributed by atoms with E-state index in [9.17, 15) is 9.90 Å². The summed E-state index contributed by atoms with van der Waals surface area (Å²) in [7, 11) is 0. The highest BCUT2D eigenvalue weighted by molar-refractivity contribution is 5.98. The SMILES string of the molecule is O=C1NC2(CCCCC2)N2C1=C(C1CCO1)C=C(Nc1ccncn1)C2O. The van der Waals surface area contributed by atoms with Crippen molar-refractivity contribution in [3.8, 4) is 0 Å². The Kier molecular flexibility index (Phi) is 3.91. The van der Waals surface area contributed by atoms with Crippen molar-refractivity contribution in [1.29, 1.82) is 0 Å². The number of nitrogens with one attached hydrogen (secondary N) is 2. The van der Waals surface area contributed by atoms with Crippen LogP contribution in [0.15, 0.2) is 41.6 Å². The van der Waals surface area contributed by atoms with Gasteiger partial charge >= 0.3 is 0 Å². The van der Waals surface area contributed by atoms with E-state index in [4.69, 9.17) is 4.74 Å². The highest BCUT2D eigenvalue weighted by Gasteiger charge is 2.54. The Morgan fingerprint density at radius 1 is 1.33 bits per heavy atom. The fraction of sp³-hybridized carbons (Fsp3) is 0.526. The van der Waals surface area contributed by atoms with Crippen molar-refractivity contribution < 1.29 is 14.6 Å². The number of nitrogens with zero attached hydrogens (tertiary/aromatic N) is 3. The zero-order valence-electron chi connectivity index (χ0n) is 15.0. The van der Waals surface area contributed by atoms with Gasteiger partial charge in [-0.05, 0) is 37.8 Å². The molecule has 4 heterocycles. The van der Waals surface area contributed by atoms with Crippen molar-refractivity contribution in [3.05, 3.63) is 41.6 Å². The second-order valence-corrected chi connectivity index (χ2v) is 7.56. The van der Waals surface area contributed by atoms with Gasteiger partial charge in [-0.15, -0.1) is 0 Å². The Labute approximate surface area is 157 Å². The molecular weight excluding hydrogens is 346 g/mol. The predicted octanol–water partition coefficient (Wildman–Crippen LogP) is 1.24. The fourth-order valence-electron chi connectivity index (χ4n) is 4.57. The van der Waals surface area contributed by atoms with E-state index in [0.717, 1.165) is 44.1 Å². The second kappa shape index (κ2) is 6.31. The minimum atomic E-state index is -0.948. The fourth-order valence-corrected chi connectivity index (χ4v) is 4.57. The number of hydrogen-bond acceptors (Lipinski definition) is 7. The number of aliphatic hydroxyl groups is 1. The number of aromatic nitrogens is 2. The van der Waals surface area contributed by atoms with Gasteiger partial charge in [0.05, 0.1) is 18.4 Å². The zero-order chi connectivity index (χ0) is 18.4. The predicted molar refractivity (Wildman–Crippen MR) is 96.9 cm³/mol. The summed E-state index contributed by atoms with van der Waals surface area (Å²) in [5.74, 6) is 0.489. The van der Waals surface area contributed by atoms with Gasteiger partial charge in [-0.2, -0.15) is 0 Å². The van der Waals surface area contributed by atoms with Crippen molar-refractivity contribution >= 4 is 11.7 Å². The summed E-state index contributed by atoms with van der Waals surface area (Å²) in [6.07, 6.45) is 9.65. The molecule has 1 amide bonds. The summed E-state index contributed by atoms with van der Waals surface area (Å²) in [5, 5.41) is 17.6. The highest BCUT2D eigenvalue weighted by Crippen LogP contribution is 2.45. The van der Waals surface area contributed by atoms with E-state index in [0.29, 0.717) is 23.8 Å². The number of carbonyl (C=O) groups excluding carboxylic acids is 1. The molecule has 3 aliphatic heterocycles. The third-order valence-corrected chi connectivity index (χ3v) is 5.95. The summed E-state index contributed by atoms with van der Waals surface area (Å²) in [6.45, 7) is 0.694. The van der Waals surface area contributed by atoms with Gasteiger partial charge in [0.15, 0.2) is 6.23 Å². The van der Waals surface area contributed by atoms with E-state index < -0.39 is 11.9 Å². The average Bonchev–Trinajstić information content (AvgIpc) is 2.91. The number of amides is 1. The number of rotatable bonds is 3. The third kappa shape index (κ3) is 2.62. The van der Waals surface area contributed by atoms with Crippen LogP contribution in [0.5, 0.6) is 0 Å². The highest BCUT2D eigenvalue weighted by atomic mass is 16.5. The molecule has 1 spiro atoms. The number of carbonyl (C=O) groups is 1. The maximum absolute atomic E-state index is 12.9. The van der Waals surface area contributed by atoms with Gasteiger partial charge in [-0.1, -0.05) is 6.42 Å². The molecule has 1 aliphatic carbocycles. The van der Waals surface area contributed by atoms with Crippen LogP contribution in [0.2, 0.25) is 0 Å². The lowest BCUT2D eigenvalue weighted by Crippen LogP contribution is -2.58. The monoisotopic (exact) mass is 369 g/mol. The van der Waals surface area contributed by atoms with Crippen molar-refractivity contribution in [2.45, 2.75) is 56.5 Å². The summed E-state index contributed by atoms with van der Waals surface area (Å²) < 4.78 is 5.69. The molecular formula is C19H23N5O3. The third-order valence-electron chi connectivity index (χ3n) is 5.95. The van der Waals surface area contributed by atoms with E-state index in [1.807, 2.05) is 11.0 Å². The molecule has 5 rings (SSSR count). The van der Waals surface area contributed by atoms with E-state index in [-0.39, 0.29) is 12.0 Å². The first-order valence-electron chi connectivity index (χ1n) is 9.58. The number of ether oxygens (including phenoxy) is 1. The van der Waals surface area contributed by atoms with Crippen LogP contribution in [-0.2, 0) is 9.53 Å². The molecule has 0 aromatic carbocycles. The van der Waals surface area contributed by atoms with Crippen LogP contribution in [0.4, 0.5) is 5.82 Å². The molecule has 2 atom stereocenters. The Morgan fingerprint density at radius 3 is 2.81 bits per heavy atom. The molecule has 8 heteroatoms. The molecule has 8 nitrogen and oxygen atoms in total. The quantitative estimate of drug-likeness (QED) is 0.737. The molecule has 142 valence electrons. The second-order valence-electron chi connectivity index (χ2n) is 7.56. The molecule has 1 aromatic rings. The van der Waals surface area contributed by atoms with E-state index in [2.05, 4.69) is 20.6 Å². The van der Waals surface area contributed by atoms with E-state index in [1.54, 1.807) is 12.3 Å². The van der Waals surface area contributed by atoms with Gasteiger partial charge in [0.25, 0.3) is 5.91 Å². The van der Waals surface area contributed by atoms with Crippen LogP contribution in [0, 0.1) is 0 Å². The van der Waals surface area contributed by atoms with Crippen LogP contribution < -0.4 is 10.6 Å². The Bertz CT molecular complexity index is 812. The van der Waals surface area contributed by atoms with Gasteiger partial charge in [-0.3, -0.25) is 4.79 Å². The number of hydrogen-bond donors (Lipinski definition) is 3. The molecule has 0 radical (unpaired) electrons. The van der Waals surface area contributed by atoms with E-state index in [1.165, 1.54) is 6.33 Å². The van der Waals surface area contributed by atoms with Gasteiger partial charge in [0.2, 0.25) is 0 Å². The topological polar surface area (TPSA) is 99.6 Å². The van der Waals surface area contributed by atoms with Gasteiger partial charge in [0, 0.05) is 18.2 Å². The lowest BCUT2D eigenvalue weighted by atomic mass is 9.86. The van der Waals surface area contributed by atoms with Crippen LogP contribution >= 0.6 is 0 Å². The number of anilines is 1. The maximum atomic E-state index is 12.9. The van der Waals surface area contributed by atoms with E-state index >= 15 is 0 Å². The smallest absolute Gasteiger partial charge is 0.269 e. The molecule has 2 saturated heterocycles.